The fraction of sp³-hybridized carbons (Fsp3) is 0.500. The van der Waals surface area contributed by atoms with Crippen molar-refractivity contribution in [2.45, 2.75) is 26.3 Å². The summed E-state index contributed by atoms with van der Waals surface area (Å²) in [6.07, 6.45) is 2.16. The van der Waals surface area contributed by atoms with Crippen molar-refractivity contribution in [1.29, 1.82) is 0 Å². The lowest BCUT2D eigenvalue weighted by Crippen LogP contribution is -2.48. The number of aliphatic carboxylic acids is 1. The summed E-state index contributed by atoms with van der Waals surface area (Å²) in [5, 5.41) is 12.2. The molecule has 0 aliphatic carbocycles. The molecular formula is C14H20ClN3O3. The van der Waals surface area contributed by atoms with E-state index in [1.165, 1.54) is 6.20 Å². The van der Waals surface area contributed by atoms with Crippen LogP contribution < -0.4 is 10.2 Å². The van der Waals surface area contributed by atoms with Gasteiger partial charge in [-0.05, 0) is 18.1 Å². The van der Waals surface area contributed by atoms with E-state index in [0.717, 1.165) is 0 Å². The van der Waals surface area contributed by atoms with Gasteiger partial charge < -0.3 is 15.3 Å². The second-order valence-corrected chi connectivity index (χ2v) is 5.40. The Balaban J connectivity index is 2.63. The first-order valence-corrected chi connectivity index (χ1v) is 7.07. The molecule has 2 atom stereocenters. The van der Waals surface area contributed by atoms with Crippen LogP contribution in [0.3, 0.4) is 0 Å². The maximum Gasteiger partial charge on any atom is 0.326 e. The summed E-state index contributed by atoms with van der Waals surface area (Å²) in [5.41, 5.74) is 0. The third-order valence-electron chi connectivity index (χ3n) is 3.28. The standard InChI is InChI=1S/C14H20ClN3O3/c1-4-9(2)13(14(20)21)17-12(19)8-18(3)11-6-5-10(15)7-16-11/h5-7,9,13H,4,8H2,1-3H3,(H,17,19)(H,20,21). The van der Waals surface area contributed by atoms with Gasteiger partial charge in [-0.25, -0.2) is 9.78 Å². The normalized spacial score (nSPS) is 13.3. The van der Waals surface area contributed by atoms with Crippen LogP contribution in [-0.4, -0.2) is 41.6 Å². The van der Waals surface area contributed by atoms with E-state index in [-0.39, 0.29) is 18.4 Å². The molecule has 1 rings (SSSR count). The number of hydrogen-bond acceptors (Lipinski definition) is 4. The lowest BCUT2D eigenvalue weighted by atomic mass is 9.99. The molecule has 0 radical (unpaired) electrons. The first kappa shape index (κ1) is 17.2. The van der Waals surface area contributed by atoms with Gasteiger partial charge in [0.1, 0.15) is 11.9 Å². The van der Waals surface area contributed by atoms with Gasteiger partial charge >= 0.3 is 5.97 Å². The number of pyridine rings is 1. The molecule has 7 heteroatoms. The number of carboxylic acids is 1. The Morgan fingerprint density at radius 3 is 2.62 bits per heavy atom. The predicted octanol–water partition coefficient (Wildman–Crippen LogP) is 1.79. The van der Waals surface area contributed by atoms with Gasteiger partial charge in [-0.15, -0.1) is 0 Å². The van der Waals surface area contributed by atoms with Gasteiger partial charge in [-0.3, -0.25) is 4.79 Å². The zero-order valence-electron chi connectivity index (χ0n) is 12.3. The van der Waals surface area contributed by atoms with Gasteiger partial charge in [0.05, 0.1) is 11.6 Å². The largest absolute Gasteiger partial charge is 0.480 e. The topological polar surface area (TPSA) is 82.5 Å². The maximum absolute atomic E-state index is 12.0. The summed E-state index contributed by atoms with van der Waals surface area (Å²) in [5.74, 6) is -0.928. The van der Waals surface area contributed by atoms with Crippen LogP contribution >= 0.6 is 11.6 Å². The minimum Gasteiger partial charge on any atom is -0.480 e. The summed E-state index contributed by atoms with van der Waals surface area (Å²) < 4.78 is 0. The summed E-state index contributed by atoms with van der Waals surface area (Å²) >= 11 is 5.75. The van der Waals surface area contributed by atoms with E-state index in [4.69, 9.17) is 16.7 Å². The molecule has 0 bridgehead atoms. The second kappa shape index (κ2) is 7.83. The molecule has 0 aliphatic rings. The van der Waals surface area contributed by atoms with Crippen LogP contribution in [0.4, 0.5) is 5.82 Å². The van der Waals surface area contributed by atoms with Crippen molar-refractivity contribution in [3.8, 4) is 0 Å². The smallest absolute Gasteiger partial charge is 0.326 e. The lowest BCUT2D eigenvalue weighted by molar-refractivity contribution is -0.143. The molecule has 0 saturated heterocycles. The van der Waals surface area contributed by atoms with Gasteiger partial charge in [0.15, 0.2) is 0 Å². The highest BCUT2D eigenvalue weighted by Crippen LogP contribution is 2.13. The van der Waals surface area contributed by atoms with Gasteiger partial charge in [0, 0.05) is 13.2 Å². The number of aromatic nitrogens is 1. The number of likely N-dealkylation sites (N-methyl/N-ethyl adjacent to an activating group) is 1. The van der Waals surface area contributed by atoms with Gasteiger partial charge in [-0.2, -0.15) is 0 Å². The highest BCUT2D eigenvalue weighted by atomic mass is 35.5. The highest BCUT2D eigenvalue weighted by Gasteiger charge is 2.25. The molecule has 6 nitrogen and oxygen atoms in total. The van der Waals surface area contributed by atoms with Gasteiger partial charge in [0.2, 0.25) is 5.91 Å². The first-order valence-electron chi connectivity index (χ1n) is 6.70. The van der Waals surface area contributed by atoms with E-state index in [2.05, 4.69) is 10.3 Å². The molecule has 0 spiro atoms. The number of rotatable bonds is 7. The van der Waals surface area contributed by atoms with E-state index in [9.17, 15) is 9.59 Å². The van der Waals surface area contributed by atoms with Gasteiger partial charge in [0.25, 0.3) is 0 Å². The Morgan fingerprint density at radius 2 is 2.14 bits per heavy atom. The summed E-state index contributed by atoms with van der Waals surface area (Å²) in [6, 6.07) is 2.49. The predicted molar refractivity (Wildman–Crippen MR) is 81.5 cm³/mol. The Bertz CT molecular complexity index is 493. The molecular weight excluding hydrogens is 294 g/mol. The zero-order chi connectivity index (χ0) is 16.0. The highest BCUT2D eigenvalue weighted by molar-refractivity contribution is 6.30. The van der Waals surface area contributed by atoms with E-state index in [1.54, 1.807) is 31.0 Å². The molecule has 0 saturated carbocycles. The first-order chi connectivity index (χ1) is 9.85. The Morgan fingerprint density at radius 1 is 1.48 bits per heavy atom. The molecule has 0 aliphatic heterocycles. The quantitative estimate of drug-likeness (QED) is 0.802. The van der Waals surface area contributed by atoms with Crippen molar-refractivity contribution in [1.82, 2.24) is 10.3 Å². The average molecular weight is 314 g/mol. The third kappa shape index (κ3) is 5.23. The summed E-state index contributed by atoms with van der Waals surface area (Å²) in [7, 11) is 1.70. The Kier molecular flexibility index (Phi) is 6.42. The minimum absolute atomic E-state index is 0.0227. The number of anilines is 1. The molecule has 0 aromatic carbocycles. The van der Waals surface area contributed by atoms with E-state index >= 15 is 0 Å². The van der Waals surface area contributed by atoms with Crippen LogP contribution in [0.2, 0.25) is 5.02 Å². The number of halogens is 1. The summed E-state index contributed by atoms with van der Waals surface area (Å²) in [6.45, 7) is 3.70. The van der Waals surface area contributed by atoms with Crippen molar-refractivity contribution in [2.24, 2.45) is 5.92 Å². The van der Waals surface area contributed by atoms with Gasteiger partial charge in [-0.1, -0.05) is 31.9 Å². The monoisotopic (exact) mass is 313 g/mol. The van der Waals surface area contributed by atoms with Crippen LogP contribution in [0.1, 0.15) is 20.3 Å². The fourth-order valence-corrected chi connectivity index (χ4v) is 1.90. The maximum atomic E-state index is 12.0. The van der Waals surface area contributed by atoms with Crippen molar-refractivity contribution >= 4 is 29.3 Å². The average Bonchev–Trinajstić information content (AvgIpc) is 2.44. The fourth-order valence-electron chi connectivity index (χ4n) is 1.79. The molecule has 21 heavy (non-hydrogen) atoms. The molecule has 1 heterocycles. The molecule has 1 amide bonds. The molecule has 2 N–H and O–H groups in total. The molecule has 1 aromatic heterocycles. The third-order valence-corrected chi connectivity index (χ3v) is 3.50. The number of nitrogens with one attached hydrogen (secondary N) is 1. The van der Waals surface area contributed by atoms with Crippen molar-refractivity contribution in [3.63, 3.8) is 0 Å². The number of carboxylic acid groups (broad SMARTS) is 1. The number of carbonyl (C=O) groups excluding carboxylic acids is 1. The number of amides is 1. The van der Waals surface area contributed by atoms with Crippen molar-refractivity contribution in [3.05, 3.63) is 23.4 Å². The minimum atomic E-state index is -1.02. The number of carbonyl (C=O) groups is 2. The van der Waals surface area contributed by atoms with E-state index in [0.29, 0.717) is 17.3 Å². The van der Waals surface area contributed by atoms with Crippen LogP contribution in [0.5, 0.6) is 0 Å². The molecule has 116 valence electrons. The van der Waals surface area contributed by atoms with Crippen LogP contribution in [0.25, 0.3) is 0 Å². The van der Waals surface area contributed by atoms with Crippen LogP contribution in [0, 0.1) is 5.92 Å². The number of nitrogens with zero attached hydrogens (tertiary/aromatic N) is 2. The lowest BCUT2D eigenvalue weighted by Gasteiger charge is -2.23. The SMILES string of the molecule is CCC(C)C(NC(=O)CN(C)c1ccc(Cl)cn1)C(=O)O. The van der Waals surface area contributed by atoms with E-state index in [1.807, 2.05) is 6.92 Å². The Labute approximate surface area is 129 Å². The van der Waals surface area contributed by atoms with Crippen molar-refractivity contribution in [2.75, 3.05) is 18.5 Å². The number of hydrogen-bond donors (Lipinski definition) is 2. The molecule has 1 aromatic rings. The second-order valence-electron chi connectivity index (χ2n) is 4.96. The van der Waals surface area contributed by atoms with Crippen molar-refractivity contribution < 1.29 is 14.7 Å². The molecule has 0 fully saturated rings. The molecule has 2 unspecified atom stereocenters. The van der Waals surface area contributed by atoms with E-state index < -0.39 is 12.0 Å². The summed E-state index contributed by atoms with van der Waals surface area (Å²) in [4.78, 5) is 28.9. The van der Waals surface area contributed by atoms with Crippen LogP contribution in [0.15, 0.2) is 18.3 Å². The zero-order valence-corrected chi connectivity index (χ0v) is 13.1. The Hall–Kier alpha value is -1.82. The van der Waals surface area contributed by atoms with Crippen LogP contribution in [-0.2, 0) is 9.59 Å².